The Morgan fingerprint density at radius 2 is 1.69 bits per heavy atom. The van der Waals surface area contributed by atoms with E-state index < -0.39 is 0 Å². The van der Waals surface area contributed by atoms with Crippen LogP contribution >= 0.6 is 0 Å². The molecule has 3 N–H and O–H groups in total. The van der Waals surface area contributed by atoms with E-state index in [-0.39, 0.29) is 11.8 Å². The van der Waals surface area contributed by atoms with Crippen LogP contribution in [0.1, 0.15) is 57.0 Å². The van der Waals surface area contributed by atoms with Crippen LogP contribution in [0.2, 0.25) is 0 Å². The Bertz CT molecular complexity index is 1400. The largest absolute Gasteiger partial charge is 0.407 e. The molecule has 0 bridgehead atoms. The highest BCUT2D eigenvalue weighted by Gasteiger charge is 2.15. The molecule has 0 aromatic carbocycles. The van der Waals surface area contributed by atoms with Crippen LogP contribution < -0.4 is 15.4 Å². The monoisotopic (exact) mass is 534 g/mol. The van der Waals surface area contributed by atoms with E-state index in [1.807, 2.05) is 25.4 Å². The van der Waals surface area contributed by atoms with Gasteiger partial charge >= 0.3 is 5.97 Å². The standard InChI is InChI=1S/C15H21N3O2.C15H21N3O/c1-4-16-8-6-12-10-18(5-2)13-7-9-17-15(14(12)13)20-11(3)19;1-4-16-6-5-12-9-18-15-10(2)8-17-13(14(12)15)7-11(3)19/h7,9-10,16H,4-6,8H2,1-3H3;8-9,16,18H,4-7H2,1-3H3. The number of carbonyl (C=O) groups excluding carboxylic acids is 2. The van der Waals surface area contributed by atoms with Crippen molar-refractivity contribution in [1.29, 1.82) is 0 Å². The number of likely N-dealkylation sites (N-methyl/N-ethyl adjacent to an activating group) is 2. The molecule has 39 heavy (non-hydrogen) atoms. The van der Waals surface area contributed by atoms with Gasteiger partial charge in [0.2, 0.25) is 5.88 Å². The molecule has 4 aromatic heterocycles. The minimum absolute atomic E-state index is 0.150. The van der Waals surface area contributed by atoms with Crippen LogP contribution in [-0.2, 0) is 35.4 Å². The molecule has 0 radical (unpaired) electrons. The Morgan fingerprint density at radius 1 is 1.00 bits per heavy atom. The zero-order valence-electron chi connectivity index (χ0n) is 24.1. The van der Waals surface area contributed by atoms with E-state index in [0.29, 0.717) is 12.3 Å². The topological polar surface area (TPSA) is 114 Å². The van der Waals surface area contributed by atoms with Gasteiger partial charge in [-0.15, -0.1) is 0 Å². The molecule has 0 aliphatic rings. The number of hydrogen-bond donors (Lipinski definition) is 3. The zero-order valence-corrected chi connectivity index (χ0v) is 24.1. The number of aromatic nitrogens is 4. The summed E-state index contributed by atoms with van der Waals surface area (Å²) in [6.45, 7) is 16.0. The number of H-pyrrole nitrogens is 1. The van der Waals surface area contributed by atoms with Crippen molar-refractivity contribution in [3.63, 3.8) is 0 Å². The molecule has 4 aromatic rings. The molecule has 4 heterocycles. The third-order valence-electron chi connectivity index (χ3n) is 6.53. The lowest BCUT2D eigenvalue weighted by molar-refractivity contribution is -0.132. The van der Waals surface area contributed by atoms with E-state index in [0.717, 1.165) is 84.2 Å². The second-order valence-corrected chi connectivity index (χ2v) is 9.58. The number of esters is 1. The number of ether oxygens (including phenoxy) is 1. The van der Waals surface area contributed by atoms with Gasteiger partial charge in [0.1, 0.15) is 5.78 Å². The van der Waals surface area contributed by atoms with Crippen molar-refractivity contribution in [2.45, 2.75) is 67.3 Å². The number of nitrogens with one attached hydrogen (secondary N) is 3. The van der Waals surface area contributed by atoms with Crippen molar-refractivity contribution in [1.82, 2.24) is 30.2 Å². The zero-order chi connectivity index (χ0) is 28.4. The van der Waals surface area contributed by atoms with Crippen LogP contribution in [0.25, 0.3) is 21.8 Å². The van der Waals surface area contributed by atoms with Gasteiger partial charge < -0.3 is 24.9 Å². The number of carbonyl (C=O) groups is 2. The van der Waals surface area contributed by atoms with Gasteiger partial charge in [0.05, 0.1) is 22.1 Å². The van der Waals surface area contributed by atoms with Crippen LogP contribution in [0.15, 0.2) is 30.9 Å². The number of nitrogens with zero attached hydrogens (tertiary/aromatic N) is 3. The van der Waals surface area contributed by atoms with Crippen LogP contribution in [0.3, 0.4) is 0 Å². The quantitative estimate of drug-likeness (QED) is 0.184. The fraction of sp³-hybridized carbons (Fsp3) is 0.467. The van der Waals surface area contributed by atoms with Gasteiger partial charge in [-0.2, -0.15) is 0 Å². The molecule has 0 spiro atoms. The number of rotatable bonds is 12. The predicted octanol–water partition coefficient (Wildman–Crippen LogP) is 4.29. The van der Waals surface area contributed by atoms with Crippen LogP contribution in [-0.4, -0.2) is 57.5 Å². The maximum Gasteiger partial charge on any atom is 0.309 e. The second-order valence-electron chi connectivity index (χ2n) is 9.58. The number of aryl methyl sites for hydroxylation is 2. The smallest absolute Gasteiger partial charge is 0.309 e. The normalized spacial score (nSPS) is 11.0. The number of pyridine rings is 2. The highest BCUT2D eigenvalue weighted by molar-refractivity contribution is 5.92. The third kappa shape index (κ3) is 7.74. The van der Waals surface area contributed by atoms with E-state index >= 15 is 0 Å². The molecule has 4 rings (SSSR count). The number of aromatic amines is 1. The van der Waals surface area contributed by atoms with Gasteiger partial charge in [-0.3, -0.25) is 14.6 Å². The first-order chi connectivity index (χ1) is 18.8. The van der Waals surface area contributed by atoms with E-state index in [9.17, 15) is 9.59 Å². The summed E-state index contributed by atoms with van der Waals surface area (Å²) >= 11 is 0. The maximum atomic E-state index is 11.4. The average molecular weight is 535 g/mol. The number of fused-ring (bicyclic) bond motifs is 2. The van der Waals surface area contributed by atoms with Gasteiger partial charge in [0, 0.05) is 50.1 Å². The number of hydrogen-bond acceptors (Lipinski definition) is 7. The molecular weight excluding hydrogens is 492 g/mol. The van der Waals surface area contributed by atoms with Crippen molar-refractivity contribution in [3.8, 4) is 5.88 Å². The fourth-order valence-electron chi connectivity index (χ4n) is 4.74. The van der Waals surface area contributed by atoms with Crippen molar-refractivity contribution in [3.05, 3.63) is 53.2 Å². The van der Waals surface area contributed by atoms with E-state index in [1.165, 1.54) is 12.5 Å². The Kier molecular flexibility index (Phi) is 11.2. The molecule has 0 unspecified atom stereocenters. The first kappa shape index (κ1) is 30.0. The van der Waals surface area contributed by atoms with Gasteiger partial charge in [-0.25, -0.2) is 4.98 Å². The summed E-state index contributed by atoms with van der Waals surface area (Å²) in [5.41, 5.74) is 6.58. The predicted molar refractivity (Wildman–Crippen MR) is 156 cm³/mol. The molecule has 9 nitrogen and oxygen atoms in total. The van der Waals surface area contributed by atoms with Gasteiger partial charge in [-0.1, -0.05) is 13.8 Å². The lowest BCUT2D eigenvalue weighted by Gasteiger charge is -2.06. The molecule has 0 fully saturated rings. The minimum atomic E-state index is -0.341. The second kappa shape index (κ2) is 14.6. The molecule has 0 amide bonds. The van der Waals surface area contributed by atoms with Crippen molar-refractivity contribution < 1.29 is 14.3 Å². The van der Waals surface area contributed by atoms with E-state index in [2.05, 4.69) is 57.1 Å². The van der Waals surface area contributed by atoms with Crippen LogP contribution in [0.5, 0.6) is 5.88 Å². The Labute approximate surface area is 230 Å². The molecule has 210 valence electrons. The highest BCUT2D eigenvalue weighted by atomic mass is 16.5. The number of ketones is 1. The molecule has 0 atom stereocenters. The molecule has 0 saturated carbocycles. The van der Waals surface area contributed by atoms with Crippen LogP contribution in [0, 0.1) is 6.92 Å². The summed E-state index contributed by atoms with van der Waals surface area (Å²) < 4.78 is 7.41. The van der Waals surface area contributed by atoms with Gasteiger partial charge in [-0.05, 0) is 82.5 Å². The molecule has 0 aliphatic carbocycles. The Hall–Kier alpha value is -3.56. The summed E-state index contributed by atoms with van der Waals surface area (Å²) in [6, 6.07) is 1.96. The van der Waals surface area contributed by atoms with Crippen molar-refractivity contribution in [2.24, 2.45) is 0 Å². The first-order valence-electron chi connectivity index (χ1n) is 13.8. The maximum absolute atomic E-state index is 11.4. The fourth-order valence-corrected chi connectivity index (χ4v) is 4.74. The van der Waals surface area contributed by atoms with E-state index in [1.54, 1.807) is 13.1 Å². The average Bonchev–Trinajstić information content (AvgIpc) is 3.49. The van der Waals surface area contributed by atoms with Crippen molar-refractivity contribution >= 4 is 33.6 Å². The minimum Gasteiger partial charge on any atom is -0.407 e. The molecule has 0 saturated heterocycles. The summed E-state index contributed by atoms with van der Waals surface area (Å²) in [5.74, 6) is 0.220. The highest BCUT2D eigenvalue weighted by Crippen LogP contribution is 2.29. The molecule has 9 heteroatoms. The lowest BCUT2D eigenvalue weighted by atomic mass is 10.0. The summed E-state index contributed by atoms with van der Waals surface area (Å²) in [5, 5.41) is 8.72. The SMILES string of the molecule is CCNCCc1c[nH]c2c(C)cnc(CC(C)=O)c12.CCNCCc1cn(CC)c2ccnc(OC(C)=O)c12. The third-order valence-corrected chi connectivity index (χ3v) is 6.53. The van der Waals surface area contributed by atoms with E-state index in [4.69, 9.17) is 4.74 Å². The van der Waals surface area contributed by atoms with Gasteiger partial charge in [0.25, 0.3) is 0 Å². The summed E-state index contributed by atoms with van der Waals surface area (Å²) in [6.07, 6.45) is 9.92. The van der Waals surface area contributed by atoms with Crippen LogP contribution in [0.4, 0.5) is 0 Å². The summed E-state index contributed by atoms with van der Waals surface area (Å²) in [4.78, 5) is 34.6. The Balaban J connectivity index is 0.000000216. The first-order valence-corrected chi connectivity index (χ1v) is 13.8. The molecular formula is C30H42N6O3. The summed E-state index contributed by atoms with van der Waals surface area (Å²) in [7, 11) is 0. The van der Waals surface area contributed by atoms with Crippen molar-refractivity contribution in [2.75, 3.05) is 26.2 Å². The molecule has 0 aliphatic heterocycles. The Morgan fingerprint density at radius 3 is 2.31 bits per heavy atom. The lowest BCUT2D eigenvalue weighted by Crippen LogP contribution is -2.16. The van der Waals surface area contributed by atoms with Gasteiger partial charge in [0.15, 0.2) is 0 Å². The number of Topliss-reactive ketones (excluding diaryl/α,β-unsaturated/α-hetero) is 1.